The first-order valence-corrected chi connectivity index (χ1v) is 8.37. The van der Waals surface area contributed by atoms with Gasteiger partial charge in [-0.3, -0.25) is 9.59 Å². The third-order valence-electron chi connectivity index (χ3n) is 3.55. The summed E-state index contributed by atoms with van der Waals surface area (Å²) in [4.78, 5) is 24.8. The number of rotatable bonds is 2. The van der Waals surface area contributed by atoms with Gasteiger partial charge in [0.25, 0.3) is 5.91 Å². The average molecular weight is 366 g/mol. The largest absolute Gasteiger partial charge is 0.416 e. The van der Waals surface area contributed by atoms with E-state index in [2.05, 4.69) is 10.6 Å². The first kappa shape index (κ1) is 17.3. The van der Waals surface area contributed by atoms with Crippen LogP contribution in [0.4, 0.5) is 24.5 Å². The second kappa shape index (κ2) is 6.79. The minimum absolute atomic E-state index is 0.0492. The molecule has 0 fully saturated rings. The number of hydrogen-bond acceptors (Lipinski definition) is 3. The fraction of sp³-hybridized carbons (Fsp3) is 0.176. The number of fused-ring (bicyclic) bond motifs is 1. The smallest absolute Gasteiger partial charge is 0.325 e. The molecule has 0 atom stereocenters. The predicted molar refractivity (Wildman–Crippen MR) is 89.8 cm³/mol. The number of nitrogens with one attached hydrogen (secondary N) is 2. The number of halogens is 3. The van der Waals surface area contributed by atoms with Gasteiger partial charge in [0.15, 0.2) is 0 Å². The quantitative estimate of drug-likeness (QED) is 0.829. The molecule has 0 saturated carbocycles. The molecule has 3 rings (SSSR count). The highest BCUT2D eigenvalue weighted by atomic mass is 32.2. The fourth-order valence-electron chi connectivity index (χ4n) is 2.34. The summed E-state index contributed by atoms with van der Waals surface area (Å²) in [6, 6.07) is 9.23. The molecule has 130 valence electrons. The minimum atomic E-state index is -4.48. The Morgan fingerprint density at radius 3 is 2.72 bits per heavy atom. The number of thioether (sulfide) groups is 1. The van der Waals surface area contributed by atoms with E-state index in [-0.39, 0.29) is 17.2 Å². The van der Waals surface area contributed by atoms with Crippen molar-refractivity contribution in [3.05, 3.63) is 53.6 Å². The summed E-state index contributed by atoms with van der Waals surface area (Å²) < 4.78 is 38.2. The van der Waals surface area contributed by atoms with Crippen molar-refractivity contribution in [2.24, 2.45) is 0 Å². The van der Waals surface area contributed by atoms with Crippen LogP contribution in [0.2, 0.25) is 0 Å². The van der Waals surface area contributed by atoms with Crippen LogP contribution in [0.15, 0.2) is 47.4 Å². The Bertz CT molecular complexity index is 837. The summed E-state index contributed by atoms with van der Waals surface area (Å²) >= 11 is 1.50. The second-order valence-electron chi connectivity index (χ2n) is 5.39. The zero-order valence-electron chi connectivity index (χ0n) is 12.8. The minimum Gasteiger partial charge on any atom is -0.325 e. The molecule has 0 radical (unpaired) electrons. The monoisotopic (exact) mass is 366 g/mol. The lowest BCUT2D eigenvalue weighted by molar-refractivity contribution is -0.137. The van der Waals surface area contributed by atoms with Gasteiger partial charge in [-0.2, -0.15) is 13.2 Å². The number of benzene rings is 2. The van der Waals surface area contributed by atoms with Crippen molar-refractivity contribution in [2.45, 2.75) is 17.5 Å². The number of hydrogen-bond donors (Lipinski definition) is 2. The highest BCUT2D eigenvalue weighted by Crippen LogP contribution is 2.32. The van der Waals surface area contributed by atoms with Crippen LogP contribution in [0.3, 0.4) is 0 Å². The van der Waals surface area contributed by atoms with Gasteiger partial charge in [0.05, 0.1) is 11.3 Å². The summed E-state index contributed by atoms with van der Waals surface area (Å²) in [5, 5.41) is 5.17. The molecule has 1 heterocycles. The van der Waals surface area contributed by atoms with E-state index in [9.17, 15) is 22.8 Å². The van der Waals surface area contributed by atoms with E-state index in [1.807, 2.05) is 0 Å². The molecule has 0 bridgehead atoms. The van der Waals surface area contributed by atoms with Crippen LogP contribution in [0.25, 0.3) is 0 Å². The van der Waals surface area contributed by atoms with Crippen molar-refractivity contribution in [3.63, 3.8) is 0 Å². The first-order valence-electron chi connectivity index (χ1n) is 7.38. The molecular weight excluding hydrogens is 353 g/mol. The molecule has 0 aliphatic carbocycles. The molecule has 0 spiro atoms. The summed E-state index contributed by atoms with van der Waals surface area (Å²) in [6.07, 6.45) is -4.10. The lowest BCUT2D eigenvalue weighted by Gasteiger charge is -2.11. The third-order valence-corrected chi connectivity index (χ3v) is 4.63. The van der Waals surface area contributed by atoms with Crippen LogP contribution in [-0.4, -0.2) is 17.6 Å². The summed E-state index contributed by atoms with van der Waals surface area (Å²) in [5.41, 5.74) is -0.00720. The molecule has 25 heavy (non-hydrogen) atoms. The van der Waals surface area contributed by atoms with Gasteiger partial charge in [0.2, 0.25) is 5.91 Å². The maximum Gasteiger partial charge on any atom is 0.416 e. The van der Waals surface area contributed by atoms with Crippen LogP contribution >= 0.6 is 11.8 Å². The summed E-state index contributed by atoms with van der Waals surface area (Å²) in [6.45, 7) is 0. The fourth-order valence-corrected chi connectivity index (χ4v) is 3.27. The second-order valence-corrected chi connectivity index (χ2v) is 6.53. The van der Waals surface area contributed by atoms with Crippen LogP contribution in [0.5, 0.6) is 0 Å². The van der Waals surface area contributed by atoms with Crippen molar-refractivity contribution < 1.29 is 22.8 Å². The number of anilines is 2. The molecule has 2 N–H and O–H groups in total. The number of alkyl halides is 3. The SMILES string of the molecule is O=C1CCSc2ccc(C(=O)Nc3cccc(C(F)(F)F)c3)cc2N1. The first-order chi connectivity index (χ1) is 11.8. The summed E-state index contributed by atoms with van der Waals surface area (Å²) in [5.74, 6) is -0.0402. The Morgan fingerprint density at radius 2 is 1.96 bits per heavy atom. The summed E-state index contributed by atoms with van der Waals surface area (Å²) in [7, 11) is 0. The Labute approximate surface area is 145 Å². The highest BCUT2D eigenvalue weighted by Gasteiger charge is 2.30. The normalized spacial score (nSPS) is 14.3. The number of amides is 2. The van der Waals surface area contributed by atoms with Gasteiger partial charge in [-0.25, -0.2) is 0 Å². The molecule has 0 aromatic heterocycles. The maximum absolute atomic E-state index is 12.7. The van der Waals surface area contributed by atoms with E-state index < -0.39 is 17.6 Å². The average Bonchev–Trinajstić information content (AvgIpc) is 2.74. The van der Waals surface area contributed by atoms with Crippen LogP contribution < -0.4 is 10.6 Å². The van der Waals surface area contributed by atoms with Gasteiger partial charge in [-0.05, 0) is 36.4 Å². The lowest BCUT2D eigenvalue weighted by Crippen LogP contribution is -2.14. The van der Waals surface area contributed by atoms with Crippen LogP contribution in [0, 0.1) is 0 Å². The van der Waals surface area contributed by atoms with E-state index in [0.29, 0.717) is 17.9 Å². The van der Waals surface area contributed by atoms with Gasteiger partial charge >= 0.3 is 6.18 Å². The topological polar surface area (TPSA) is 58.2 Å². The van der Waals surface area contributed by atoms with E-state index in [0.717, 1.165) is 17.0 Å². The van der Waals surface area contributed by atoms with Gasteiger partial charge in [0, 0.05) is 28.3 Å². The molecule has 1 aliphatic heterocycles. The van der Waals surface area contributed by atoms with Crippen LogP contribution in [0.1, 0.15) is 22.3 Å². The Balaban J connectivity index is 1.81. The van der Waals surface area contributed by atoms with Crippen molar-refractivity contribution in [3.8, 4) is 0 Å². The number of carbonyl (C=O) groups excluding carboxylic acids is 2. The maximum atomic E-state index is 12.7. The van der Waals surface area contributed by atoms with E-state index >= 15 is 0 Å². The molecular formula is C17H13F3N2O2S. The molecule has 8 heteroatoms. The Kier molecular flexibility index (Phi) is 4.71. The standard InChI is InChI=1S/C17H13F3N2O2S/c18-17(19,20)11-2-1-3-12(9-11)21-16(24)10-4-5-14-13(8-10)22-15(23)6-7-25-14/h1-5,8-9H,6-7H2,(H,21,24)(H,22,23). The van der Waals surface area contributed by atoms with Gasteiger partial charge < -0.3 is 10.6 Å². The number of carbonyl (C=O) groups is 2. The highest BCUT2D eigenvalue weighted by molar-refractivity contribution is 7.99. The van der Waals surface area contributed by atoms with E-state index in [1.165, 1.54) is 30.0 Å². The Hall–Kier alpha value is -2.48. The molecule has 2 amide bonds. The van der Waals surface area contributed by atoms with Gasteiger partial charge in [-0.1, -0.05) is 6.07 Å². The molecule has 2 aromatic rings. The molecule has 0 saturated heterocycles. The van der Waals surface area contributed by atoms with Gasteiger partial charge in [-0.15, -0.1) is 11.8 Å². The van der Waals surface area contributed by atoms with Crippen molar-refractivity contribution in [2.75, 3.05) is 16.4 Å². The van der Waals surface area contributed by atoms with E-state index in [4.69, 9.17) is 0 Å². The predicted octanol–water partition coefficient (Wildman–Crippen LogP) is 4.39. The van der Waals surface area contributed by atoms with Gasteiger partial charge in [0.1, 0.15) is 0 Å². The zero-order chi connectivity index (χ0) is 18.0. The third kappa shape index (κ3) is 4.14. The zero-order valence-corrected chi connectivity index (χ0v) is 13.6. The molecule has 4 nitrogen and oxygen atoms in total. The molecule has 2 aromatic carbocycles. The molecule has 1 aliphatic rings. The van der Waals surface area contributed by atoms with Crippen molar-refractivity contribution in [1.29, 1.82) is 0 Å². The lowest BCUT2D eigenvalue weighted by atomic mass is 10.1. The molecule has 0 unspecified atom stereocenters. The van der Waals surface area contributed by atoms with Crippen LogP contribution in [-0.2, 0) is 11.0 Å². The van der Waals surface area contributed by atoms with Crippen molar-refractivity contribution in [1.82, 2.24) is 0 Å². The van der Waals surface area contributed by atoms with E-state index in [1.54, 1.807) is 12.1 Å². The Morgan fingerprint density at radius 1 is 1.16 bits per heavy atom. The van der Waals surface area contributed by atoms with Crippen molar-refractivity contribution >= 4 is 35.0 Å².